The molecular formula is C11H13FN2O. The van der Waals surface area contributed by atoms with E-state index in [1.807, 2.05) is 6.92 Å². The highest BCUT2D eigenvalue weighted by atomic mass is 19.1. The van der Waals surface area contributed by atoms with E-state index in [4.69, 9.17) is 16.2 Å². The Balaban J connectivity index is 2.33. The Morgan fingerprint density at radius 3 is 3.00 bits per heavy atom. The first-order valence-electron chi connectivity index (χ1n) is 5.08. The van der Waals surface area contributed by atoms with Crippen LogP contribution in [0, 0.1) is 5.82 Å². The zero-order valence-corrected chi connectivity index (χ0v) is 8.51. The Bertz CT molecular complexity index is 460. The SMILES string of the molecule is CC12CCC(O1)c1cc(N)c(N)c(F)c12. The largest absolute Gasteiger partial charge is 0.397 e. The number of hydrogen-bond donors (Lipinski definition) is 2. The second-order valence-electron chi connectivity index (χ2n) is 4.53. The molecule has 0 spiro atoms. The van der Waals surface area contributed by atoms with Gasteiger partial charge in [0, 0.05) is 5.56 Å². The van der Waals surface area contributed by atoms with Crippen molar-refractivity contribution in [3.8, 4) is 0 Å². The molecule has 1 aromatic rings. The van der Waals surface area contributed by atoms with E-state index in [9.17, 15) is 4.39 Å². The van der Waals surface area contributed by atoms with Crippen LogP contribution in [0.1, 0.15) is 37.0 Å². The highest BCUT2D eigenvalue weighted by molar-refractivity contribution is 5.69. The van der Waals surface area contributed by atoms with Crippen LogP contribution in [0.15, 0.2) is 6.07 Å². The molecule has 0 aliphatic carbocycles. The molecule has 1 fully saturated rings. The van der Waals surface area contributed by atoms with Crippen molar-refractivity contribution in [1.29, 1.82) is 0 Å². The lowest BCUT2D eigenvalue weighted by Gasteiger charge is -2.22. The number of nitrogen functional groups attached to an aromatic ring is 2. The lowest BCUT2D eigenvalue weighted by Crippen LogP contribution is -2.20. The van der Waals surface area contributed by atoms with Gasteiger partial charge >= 0.3 is 0 Å². The summed E-state index contributed by atoms with van der Waals surface area (Å²) in [4.78, 5) is 0. The molecule has 2 bridgehead atoms. The van der Waals surface area contributed by atoms with Gasteiger partial charge in [-0.3, -0.25) is 0 Å². The summed E-state index contributed by atoms with van der Waals surface area (Å²) in [6, 6.07) is 1.75. The summed E-state index contributed by atoms with van der Waals surface area (Å²) in [6.07, 6.45) is 1.79. The minimum Gasteiger partial charge on any atom is -0.397 e. The minimum absolute atomic E-state index is 0.00222. The van der Waals surface area contributed by atoms with E-state index < -0.39 is 11.4 Å². The van der Waals surface area contributed by atoms with Crippen molar-refractivity contribution < 1.29 is 9.13 Å². The number of hydrogen-bond acceptors (Lipinski definition) is 3. The van der Waals surface area contributed by atoms with Crippen LogP contribution >= 0.6 is 0 Å². The third-order valence-corrected chi connectivity index (χ3v) is 3.53. The van der Waals surface area contributed by atoms with E-state index in [0.29, 0.717) is 11.3 Å². The van der Waals surface area contributed by atoms with Gasteiger partial charge in [0.25, 0.3) is 0 Å². The van der Waals surface area contributed by atoms with E-state index in [1.165, 1.54) is 0 Å². The Morgan fingerprint density at radius 2 is 2.27 bits per heavy atom. The lowest BCUT2D eigenvalue weighted by atomic mass is 9.82. The molecule has 3 rings (SSSR count). The molecule has 80 valence electrons. The lowest BCUT2D eigenvalue weighted by molar-refractivity contribution is -0.00846. The van der Waals surface area contributed by atoms with Crippen LogP contribution in [-0.4, -0.2) is 0 Å². The minimum atomic E-state index is -0.494. The second-order valence-corrected chi connectivity index (χ2v) is 4.53. The Kier molecular flexibility index (Phi) is 1.46. The van der Waals surface area contributed by atoms with Crippen molar-refractivity contribution in [3.05, 3.63) is 23.0 Å². The molecule has 2 heterocycles. The Morgan fingerprint density at radius 1 is 1.53 bits per heavy atom. The van der Waals surface area contributed by atoms with Crippen LogP contribution in [-0.2, 0) is 10.3 Å². The second kappa shape index (κ2) is 2.44. The molecule has 0 radical (unpaired) electrons. The van der Waals surface area contributed by atoms with Crippen LogP contribution in [0.2, 0.25) is 0 Å². The van der Waals surface area contributed by atoms with Crippen LogP contribution < -0.4 is 11.5 Å². The molecule has 4 N–H and O–H groups in total. The maximum Gasteiger partial charge on any atom is 0.154 e. The predicted octanol–water partition coefficient (Wildman–Crippen LogP) is 2.07. The first-order chi connectivity index (χ1) is 7.03. The summed E-state index contributed by atoms with van der Waals surface area (Å²) in [7, 11) is 0. The van der Waals surface area contributed by atoms with Crippen molar-refractivity contribution in [2.24, 2.45) is 0 Å². The maximum atomic E-state index is 14.0. The van der Waals surface area contributed by atoms with Gasteiger partial charge in [0.15, 0.2) is 5.82 Å². The molecule has 2 unspecified atom stereocenters. The summed E-state index contributed by atoms with van der Waals surface area (Å²) < 4.78 is 19.8. The quantitative estimate of drug-likeness (QED) is 0.641. The van der Waals surface area contributed by atoms with Gasteiger partial charge in [-0.2, -0.15) is 0 Å². The average molecular weight is 208 g/mol. The fourth-order valence-corrected chi connectivity index (χ4v) is 2.74. The van der Waals surface area contributed by atoms with Gasteiger partial charge < -0.3 is 16.2 Å². The van der Waals surface area contributed by atoms with Crippen LogP contribution in [0.25, 0.3) is 0 Å². The third kappa shape index (κ3) is 0.925. The van der Waals surface area contributed by atoms with E-state index in [-0.39, 0.29) is 11.8 Å². The molecule has 2 aliphatic rings. The highest BCUT2D eigenvalue weighted by Gasteiger charge is 2.49. The number of fused-ring (bicyclic) bond motifs is 5. The van der Waals surface area contributed by atoms with Gasteiger partial charge in [-0.05, 0) is 31.4 Å². The molecule has 1 saturated heterocycles. The maximum absolute atomic E-state index is 14.0. The summed E-state index contributed by atoms with van der Waals surface area (Å²) >= 11 is 0. The standard InChI is InChI=1S/C11H13FN2O/c1-11-3-2-7(15-11)5-4-6(13)10(14)9(12)8(5)11/h4,7H,2-3,13-14H2,1H3. The molecule has 0 saturated carbocycles. The van der Waals surface area contributed by atoms with Crippen molar-refractivity contribution >= 4 is 11.4 Å². The Labute approximate surface area is 87.2 Å². The van der Waals surface area contributed by atoms with E-state index in [1.54, 1.807) is 6.07 Å². The third-order valence-electron chi connectivity index (χ3n) is 3.53. The zero-order chi connectivity index (χ0) is 10.8. The molecule has 15 heavy (non-hydrogen) atoms. The average Bonchev–Trinajstić information content (AvgIpc) is 2.67. The Hall–Kier alpha value is -1.29. The monoisotopic (exact) mass is 208 g/mol. The van der Waals surface area contributed by atoms with E-state index >= 15 is 0 Å². The number of rotatable bonds is 0. The van der Waals surface area contributed by atoms with Gasteiger partial charge in [0.2, 0.25) is 0 Å². The molecule has 2 atom stereocenters. The summed E-state index contributed by atoms with van der Waals surface area (Å²) in [6.45, 7) is 1.91. The smallest absolute Gasteiger partial charge is 0.154 e. The predicted molar refractivity (Wildman–Crippen MR) is 55.6 cm³/mol. The first-order valence-corrected chi connectivity index (χ1v) is 5.08. The van der Waals surface area contributed by atoms with Crippen molar-refractivity contribution in [2.75, 3.05) is 11.5 Å². The number of halogens is 1. The van der Waals surface area contributed by atoms with E-state index in [2.05, 4.69) is 0 Å². The summed E-state index contributed by atoms with van der Waals surface area (Å²) in [5.41, 5.74) is 12.6. The van der Waals surface area contributed by atoms with E-state index in [0.717, 1.165) is 18.4 Å². The number of nitrogens with two attached hydrogens (primary N) is 2. The molecular weight excluding hydrogens is 195 g/mol. The molecule has 1 aromatic carbocycles. The fraction of sp³-hybridized carbons (Fsp3) is 0.455. The molecule has 4 heteroatoms. The molecule has 2 aliphatic heterocycles. The number of ether oxygens (including phenoxy) is 1. The van der Waals surface area contributed by atoms with Crippen molar-refractivity contribution in [1.82, 2.24) is 0 Å². The van der Waals surface area contributed by atoms with Gasteiger partial charge in [0.05, 0.1) is 23.1 Å². The van der Waals surface area contributed by atoms with Crippen LogP contribution in [0.3, 0.4) is 0 Å². The summed E-state index contributed by atoms with van der Waals surface area (Å²) in [5, 5.41) is 0. The highest BCUT2D eigenvalue weighted by Crippen LogP contribution is 2.56. The van der Waals surface area contributed by atoms with Gasteiger partial charge in [-0.15, -0.1) is 0 Å². The zero-order valence-electron chi connectivity index (χ0n) is 8.51. The van der Waals surface area contributed by atoms with Gasteiger partial charge in [0.1, 0.15) is 0 Å². The van der Waals surface area contributed by atoms with Crippen molar-refractivity contribution in [3.63, 3.8) is 0 Å². The molecule has 3 nitrogen and oxygen atoms in total. The first kappa shape index (κ1) is 8.97. The molecule has 0 aromatic heterocycles. The van der Waals surface area contributed by atoms with Crippen molar-refractivity contribution in [2.45, 2.75) is 31.5 Å². The fourth-order valence-electron chi connectivity index (χ4n) is 2.74. The topological polar surface area (TPSA) is 61.3 Å². The molecule has 0 amide bonds. The number of anilines is 2. The normalized spacial score (nSPS) is 32.0. The summed E-state index contributed by atoms with van der Waals surface area (Å²) in [5.74, 6) is -0.394. The van der Waals surface area contributed by atoms with Gasteiger partial charge in [-0.25, -0.2) is 4.39 Å². The van der Waals surface area contributed by atoms with Gasteiger partial charge in [-0.1, -0.05) is 0 Å². The number of benzene rings is 1. The van der Waals surface area contributed by atoms with Crippen LogP contribution in [0.5, 0.6) is 0 Å². The van der Waals surface area contributed by atoms with Crippen LogP contribution in [0.4, 0.5) is 15.8 Å².